The number of fused-ring (bicyclic) bond motifs is 1. The van der Waals surface area contributed by atoms with E-state index in [-0.39, 0.29) is 11.9 Å². The zero-order chi connectivity index (χ0) is 13.6. The van der Waals surface area contributed by atoms with Gasteiger partial charge in [-0.05, 0) is 24.0 Å². The summed E-state index contributed by atoms with van der Waals surface area (Å²) in [5.41, 5.74) is 1.03. The van der Waals surface area contributed by atoms with Crippen LogP contribution in [0.3, 0.4) is 0 Å². The van der Waals surface area contributed by atoms with Crippen molar-refractivity contribution in [2.24, 2.45) is 0 Å². The summed E-state index contributed by atoms with van der Waals surface area (Å²) in [6.45, 7) is 1.48. The van der Waals surface area contributed by atoms with Crippen molar-refractivity contribution in [1.82, 2.24) is 4.90 Å². The molecule has 1 fully saturated rings. The van der Waals surface area contributed by atoms with Gasteiger partial charge in [-0.2, -0.15) is 0 Å². The Labute approximate surface area is 112 Å². The number of amides is 1. The zero-order valence-electron chi connectivity index (χ0n) is 10.9. The minimum Gasteiger partial charge on any atom is -0.479 e. The van der Waals surface area contributed by atoms with Crippen molar-refractivity contribution in [2.75, 3.05) is 0 Å². The Morgan fingerprint density at radius 3 is 2.11 bits per heavy atom. The predicted octanol–water partition coefficient (Wildman–Crippen LogP) is 1.62. The standard InChI is InChI=1S/C15H17NO3/c1-10(17)16(13-6-7-13)15(14(18)19)8-11-4-2-3-5-12(11)9-15/h2-5,13H,6-9H2,1H3,(H,18,19). The largest absolute Gasteiger partial charge is 0.479 e. The monoisotopic (exact) mass is 259 g/mol. The Balaban J connectivity index is 2.03. The van der Waals surface area contributed by atoms with Crippen molar-refractivity contribution in [3.8, 4) is 0 Å². The molecule has 19 heavy (non-hydrogen) atoms. The van der Waals surface area contributed by atoms with Crippen LogP contribution in [-0.4, -0.2) is 33.5 Å². The van der Waals surface area contributed by atoms with Crippen molar-refractivity contribution in [3.63, 3.8) is 0 Å². The summed E-state index contributed by atoms with van der Waals surface area (Å²) < 4.78 is 0. The van der Waals surface area contributed by atoms with E-state index < -0.39 is 11.5 Å². The second-order valence-corrected chi connectivity index (χ2v) is 5.58. The van der Waals surface area contributed by atoms with Crippen molar-refractivity contribution in [1.29, 1.82) is 0 Å². The van der Waals surface area contributed by atoms with Gasteiger partial charge in [-0.15, -0.1) is 0 Å². The van der Waals surface area contributed by atoms with Crippen molar-refractivity contribution >= 4 is 11.9 Å². The van der Waals surface area contributed by atoms with Gasteiger partial charge in [0.15, 0.2) is 0 Å². The molecule has 1 aromatic rings. The quantitative estimate of drug-likeness (QED) is 0.897. The first-order valence-electron chi connectivity index (χ1n) is 6.65. The van der Waals surface area contributed by atoms with Crippen LogP contribution in [0.25, 0.3) is 0 Å². The molecule has 1 N–H and O–H groups in total. The van der Waals surface area contributed by atoms with E-state index in [1.54, 1.807) is 4.90 Å². The molecule has 2 aliphatic carbocycles. The molecule has 100 valence electrons. The number of carboxylic acids is 1. The Morgan fingerprint density at radius 1 is 1.21 bits per heavy atom. The SMILES string of the molecule is CC(=O)N(C1CC1)C1(C(=O)O)Cc2ccccc2C1. The highest BCUT2D eigenvalue weighted by molar-refractivity contribution is 5.88. The minimum atomic E-state index is -1.07. The second kappa shape index (κ2) is 4.08. The third kappa shape index (κ3) is 1.82. The van der Waals surface area contributed by atoms with E-state index in [0.717, 1.165) is 24.0 Å². The normalized spacial score (nSPS) is 19.8. The third-order valence-electron chi connectivity index (χ3n) is 4.19. The van der Waals surface area contributed by atoms with E-state index in [9.17, 15) is 14.7 Å². The Kier molecular flexibility index (Phi) is 2.62. The highest BCUT2D eigenvalue weighted by atomic mass is 16.4. The summed E-state index contributed by atoms with van der Waals surface area (Å²) in [4.78, 5) is 25.4. The third-order valence-corrected chi connectivity index (χ3v) is 4.19. The maximum Gasteiger partial charge on any atom is 0.330 e. The van der Waals surface area contributed by atoms with Crippen LogP contribution in [0.4, 0.5) is 0 Å². The number of hydrogen-bond acceptors (Lipinski definition) is 2. The molecule has 1 amide bonds. The Morgan fingerprint density at radius 2 is 1.74 bits per heavy atom. The highest BCUT2D eigenvalue weighted by Gasteiger charge is 2.54. The highest BCUT2D eigenvalue weighted by Crippen LogP contribution is 2.41. The van der Waals surface area contributed by atoms with Gasteiger partial charge in [-0.25, -0.2) is 4.79 Å². The van der Waals surface area contributed by atoms with E-state index in [4.69, 9.17) is 0 Å². The van der Waals surface area contributed by atoms with Gasteiger partial charge in [0.25, 0.3) is 0 Å². The molecule has 1 aromatic carbocycles. The molecular formula is C15H17NO3. The van der Waals surface area contributed by atoms with Gasteiger partial charge in [0, 0.05) is 25.8 Å². The summed E-state index contributed by atoms with van der Waals surface area (Å²) in [6, 6.07) is 7.89. The van der Waals surface area contributed by atoms with Crippen molar-refractivity contribution in [2.45, 2.75) is 44.2 Å². The van der Waals surface area contributed by atoms with Crippen molar-refractivity contribution in [3.05, 3.63) is 35.4 Å². The number of rotatable bonds is 3. The fraction of sp³-hybridized carbons (Fsp3) is 0.467. The molecule has 0 atom stereocenters. The zero-order valence-corrected chi connectivity index (χ0v) is 10.9. The lowest BCUT2D eigenvalue weighted by Crippen LogP contribution is -2.58. The molecule has 0 radical (unpaired) electrons. The van der Waals surface area contributed by atoms with E-state index in [0.29, 0.717) is 12.8 Å². The van der Waals surface area contributed by atoms with Crippen LogP contribution in [-0.2, 0) is 22.4 Å². The van der Waals surface area contributed by atoms with E-state index >= 15 is 0 Å². The average Bonchev–Trinajstić information content (AvgIpc) is 3.08. The van der Waals surface area contributed by atoms with Gasteiger partial charge in [0.2, 0.25) is 5.91 Å². The van der Waals surface area contributed by atoms with Crippen molar-refractivity contribution < 1.29 is 14.7 Å². The van der Waals surface area contributed by atoms with Crippen LogP contribution in [0, 0.1) is 0 Å². The lowest BCUT2D eigenvalue weighted by molar-refractivity contribution is -0.158. The van der Waals surface area contributed by atoms with Gasteiger partial charge in [-0.1, -0.05) is 24.3 Å². The smallest absolute Gasteiger partial charge is 0.330 e. The topological polar surface area (TPSA) is 57.6 Å². The lowest BCUT2D eigenvalue weighted by atomic mass is 9.92. The summed E-state index contributed by atoms with van der Waals surface area (Å²) in [7, 11) is 0. The van der Waals surface area contributed by atoms with E-state index in [2.05, 4.69) is 0 Å². The average molecular weight is 259 g/mol. The molecule has 0 heterocycles. The van der Waals surface area contributed by atoms with Gasteiger partial charge < -0.3 is 10.0 Å². The van der Waals surface area contributed by atoms with Crippen LogP contribution in [0.2, 0.25) is 0 Å². The van der Waals surface area contributed by atoms with Crippen LogP contribution < -0.4 is 0 Å². The molecule has 0 aromatic heterocycles. The molecule has 4 nitrogen and oxygen atoms in total. The van der Waals surface area contributed by atoms with E-state index in [1.807, 2.05) is 24.3 Å². The van der Waals surface area contributed by atoms with Gasteiger partial charge >= 0.3 is 5.97 Å². The number of hydrogen-bond donors (Lipinski definition) is 1. The van der Waals surface area contributed by atoms with Gasteiger partial charge in [-0.3, -0.25) is 4.79 Å². The first kappa shape index (κ1) is 12.2. The van der Waals surface area contributed by atoms with Crippen LogP contribution in [0.1, 0.15) is 30.9 Å². The molecule has 0 saturated heterocycles. The summed E-state index contributed by atoms with van der Waals surface area (Å²) in [6.07, 6.45) is 2.69. The fourth-order valence-corrected chi connectivity index (χ4v) is 3.26. The summed E-state index contributed by atoms with van der Waals surface area (Å²) >= 11 is 0. The first-order chi connectivity index (χ1) is 9.04. The van der Waals surface area contributed by atoms with Crippen LogP contribution >= 0.6 is 0 Å². The molecular weight excluding hydrogens is 242 g/mol. The number of benzene rings is 1. The molecule has 3 rings (SSSR count). The molecule has 2 aliphatic rings. The number of nitrogens with zero attached hydrogens (tertiary/aromatic N) is 1. The molecule has 1 saturated carbocycles. The maximum atomic E-state index is 11.9. The molecule has 0 unspecified atom stereocenters. The fourth-order valence-electron chi connectivity index (χ4n) is 3.26. The summed E-state index contributed by atoms with van der Waals surface area (Å²) in [5.74, 6) is -1.01. The molecule has 0 bridgehead atoms. The molecule has 4 heteroatoms. The van der Waals surface area contributed by atoms with E-state index in [1.165, 1.54) is 6.92 Å². The minimum absolute atomic E-state index is 0.114. The Hall–Kier alpha value is -1.84. The first-order valence-corrected chi connectivity index (χ1v) is 6.65. The predicted molar refractivity (Wildman–Crippen MR) is 69.8 cm³/mol. The second-order valence-electron chi connectivity index (χ2n) is 5.58. The summed E-state index contributed by atoms with van der Waals surface area (Å²) in [5, 5.41) is 9.74. The van der Waals surface area contributed by atoms with Gasteiger partial charge in [0.05, 0.1) is 0 Å². The number of carbonyl (C=O) groups is 2. The van der Waals surface area contributed by atoms with Gasteiger partial charge in [0.1, 0.15) is 5.54 Å². The molecule has 0 spiro atoms. The maximum absolute atomic E-state index is 11.9. The van der Waals surface area contributed by atoms with Crippen LogP contribution in [0.5, 0.6) is 0 Å². The number of carboxylic acid groups (broad SMARTS) is 1. The molecule has 0 aliphatic heterocycles. The lowest BCUT2D eigenvalue weighted by Gasteiger charge is -2.37. The van der Waals surface area contributed by atoms with Crippen LogP contribution in [0.15, 0.2) is 24.3 Å². The Bertz CT molecular complexity index is 523. The number of aliphatic carboxylic acids is 1. The number of carbonyl (C=O) groups excluding carboxylic acids is 1.